The van der Waals surface area contributed by atoms with Crippen molar-refractivity contribution in [3.63, 3.8) is 0 Å². The molecule has 0 unspecified atom stereocenters. The SMILES string of the molecule is CCCCN(C)C(=O)c1ccc(-c2cc3c(Cc4ccccc4)c(C(=O)CC(C)(C)C)cnc3cc2OC)cn1.CCCCN(C)C(=O)c1ccc(-c2cc3c(Cc4ccccc4)c(C(=O)CC)cnc3cc2OC)cn1.CCCCN(C)C(=O)c1ccc(-c2ccc3ncc(C(=O)CC)c(Cc4ccccc4)c3c2)cn1.CCCCN(C)C(=O)c1ccc(-c2ccc3ncc(C(C)=O)c(Cc4ccccc4)c3c2)cn1. The number of hydrogen-bond acceptors (Lipinski definition) is 18. The Hall–Kier alpha value is -15.8. The molecule has 0 spiro atoms. The van der Waals surface area contributed by atoms with Gasteiger partial charge in [-0.25, -0.2) is 0 Å². The Morgan fingerprint density at radius 1 is 0.288 bits per heavy atom. The summed E-state index contributed by atoms with van der Waals surface area (Å²) < 4.78 is 11.5. The van der Waals surface area contributed by atoms with Crippen molar-refractivity contribution in [2.75, 3.05) is 68.6 Å². The van der Waals surface area contributed by atoms with Gasteiger partial charge >= 0.3 is 0 Å². The fourth-order valence-corrected chi connectivity index (χ4v) is 17.6. The minimum atomic E-state index is -0.142. The third kappa shape index (κ3) is 27.4. The molecule has 0 N–H and O–H groups in total. The van der Waals surface area contributed by atoms with E-state index in [0.29, 0.717) is 115 Å². The number of aromatic nitrogens is 8. The molecule has 8 aromatic heterocycles. The molecular weight excluding hydrogens is 1820 g/mol. The first kappa shape index (κ1) is 107. The van der Waals surface area contributed by atoms with Crippen LogP contribution in [-0.4, -0.2) is 175 Å². The van der Waals surface area contributed by atoms with Crippen molar-refractivity contribution in [2.24, 2.45) is 5.41 Å². The molecule has 8 heterocycles. The average molecular weight is 1950 g/mol. The molecule has 0 aliphatic heterocycles. The van der Waals surface area contributed by atoms with E-state index < -0.39 is 0 Å². The smallest absolute Gasteiger partial charge is 0.272 e. The van der Waals surface area contributed by atoms with Gasteiger partial charge in [-0.2, -0.15) is 0 Å². The summed E-state index contributed by atoms with van der Waals surface area (Å²) in [6, 6.07) is 75.3. The zero-order chi connectivity index (χ0) is 104. The molecule has 146 heavy (non-hydrogen) atoms. The van der Waals surface area contributed by atoms with Crippen LogP contribution in [-0.2, 0) is 25.7 Å². The number of rotatable bonds is 37. The maximum atomic E-state index is 13.5. The van der Waals surface area contributed by atoms with Gasteiger partial charge in [0.1, 0.15) is 34.3 Å². The molecular formula is C124H132N12O10. The number of amides is 4. The fourth-order valence-electron chi connectivity index (χ4n) is 17.6. The molecule has 748 valence electrons. The zero-order valence-electron chi connectivity index (χ0n) is 86.9. The number of benzene rings is 8. The molecule has 0 aliphatic rings. The van der Waals surface area contributed by atoms with E-state index in [2.05, 4.69) is 144 Å². The molecule has 22 nitrogen and oxygen atoms in total. The van der Waals surface area contributed by atoms with Crippen LogP contribution in [0.5, 0.6) is 11.5 Å². The highest BCUT2D eigenvalue weighted by Gasteiger charge is 2.28. The predicted octanol–water partition coefficient (Wildman–Crippen LogP) is 26.1. The minimum absolute atomic E-state index is 0.00228. The van der Waals surface area contributed by atoms with Crippen molar-refractivity contribution in [1.29, 1.82) is 0 Å². The number of fused-ring (bicyclic) bond motifs is 4. The molecule has 16 rings (SSSR count). The second-order valence-corrected chi connectivity index (χ2v) is 38.2. The van der Waals surface area contributed by atoms with Gasteiger partial charge < -0.3 is 29.1 Å². The zero-order valence-corrected chi connectivity index (χ0v) is 86.9. The van der Waals surface area contributed by atoms with Crippen LogP contribution in [0.25, 0.3) is 88.1 Å². The maximum absolute atomic E-state index is 13.5. The van der Waals surface area contributed by atoms with E-state index in [-0.39, 0.29) is 52.2 Å². The Labute approximate surface area is 857 Å². The van der Waals surface area contributed by atoms with Crippen LogP contribution in [0.15, 0.2) is 280 Å². The van der Waals surface area contributed by atoms with Crippen LogP contribution in [0.3, 0.4) is 0 Å². The Bertz CT molecular complexity index is 7270. The van der Waals surface area contributed by atoms with Crippen molar-refractivity contribution in [1.82, 2.24) is 59.5 Å². The summed E-state index contributed by atoms with van der Waals surface area (Å²) in [5, 5.41) is 3.72. The van der Waals surface area contributed by atoms with E-state index in [0.717, 1.165) is 197 Å². The third-order valence-electron chi connectivity index (χ3n) is 26.1. The van der Waals surface area contributed by atoms with Crippen molar-refractivity contribution >= 4 is 90.4 Å². The second-order valence-electron chi connectivity index (χ2n) is 38.2. The lowest BCUT2D eigenvalue weighted by atomic mass is 9.85. The second kappa shape index (κ2) is 51.4. The first-order chi connectivity index (χ1) is 70.6. The largest absolute Gasteiger partial charge is 0.496 e. The van der Waals surface area contributed by atoms with Crippen LogP contribution in [0.1, 0.15) is 268 Å². The quantitative estimate of drug-likeness (QED) is 0.0327. The monoisotopic (exact) mass is 1950 g/mol. The van der Waals surface area contributed by atoms with Gasteiger partial charge in [0.15, 0.2) is 23.1 Å². The molecule has 16 aromatic rings. The molecule has 0 aliphatic carbocycles. The molecule has 0 saturated heterocycles. The van der Waals surface area contributed by atoms with Crippen molar-refractivity contribution in [2.45, 2.75) is 166 Å². The number of methoxy groups -OCH3 is 2. The van der Waals surface area contributed by atoms with Gasteiger partial charge in [-0.3, -0.25) is 78.2 Å². The van der Waals surface area contributed by atoms with Crippen LogP contribution in [0.4, 0.5) is 0 Å². The highest BCUT2D eigenvalue weighted by Crippen LogP contribution is 2.41. The van der Waals surface area contributed by atoms with Gasteiger partial charge in [-0.1, -0.05) is 246 Å². The number of Topliss-reactive ketones (excluding diaryl/α,β-unsaturated/α-hetero) is 4. The van der Waals surface area contributed by atoms with Gasteiger partial charge in [-0.15, -0.1) is 0 Å². The van der Waals surface area contributed by atoms with Crippen molar-refractivity contribution in [3.05, 3.63) is 370 Å². The van der Waals surface area contributed by atoms with Gasteiger partial charge in [-0.05, 0) is 180 Å². The normalized spacial score (nSPS) is 11.1. The fraction of sp³-hybridized carbons (Fsp3) is 0.290. The molecule has 0 fully saturated rings. The first-order valence-corrected chi connectivity index (χ1v) is 50.5. The van der Waals surface area contributed by atoms with Crippen molar-refractivity contribution < 1.29 is 47.8 Å². The lowest BCUT2D eigenvalue weighted by molar-refractivity contribution is 0.0780. The molecule has 8 aromatic carbocycles. The van der Waals surface area contributed by atoms with E-state index in [1.54, 1.807) is 129 Å². The van der Waals surface area contributed by atoms with Crippen LogP contribution in [0.2, 0.25) is 0 Å². The molecule has 22 heteroatoms. The van der Waals surface area contributed by atoms with E-state index in [1.807, 2.05) is 174 Å². The third-order valence-corrected chi connectivity index (χ3v) is 26.1. The number of nitrogens with zero attached hydrogens (tertiary/aromatic N) is 12. The topological polar surface area (TPSA) is 271 Å². The average Bonchev–Trinajstić information content (AvgIpc) is 0.758. The molecule has 0 bridgehead atoms. The van der Waals surface area contributed by atoms with Gasteiger partial charge in [0.05, 0.1) is 36.3 Å². The number of ketones is 4. The number of carbonyl (C=O) groups is 8. The minimum Gasteiger partial charge on any atom is -0.496 e. The summed E-state index contributed by atoms with van der Waals surface area (Å²) in [6.07, 6.45) is 25.4. The highest BCUT2D eigenvalue weighted by molar-refractivity contribution is 6.07. The number of pyridine rings is 8. The van der Waals surface area contributed by atoms with E-state index in [4.69, 9.17) is 14.5 Å². The van der Waals surface area contributed by atoms with Crippen molar-refractivity contribution in [3.8, 4) is 56.0 Å². The summed E-state index contributed by atoms with van der Waals surface area (Å²) in [5.41, 5.74) is 22.8. The predicted molar refractivity (Wildman–Crippen MR) is 585 cm³/mol. The Morgan fingerprint density at radius 3 is 0.822 bits per heavy atom. The van der Waals surface area contributed by atoms with E-state index >= 15 is 0 Å². The number of carbonyl (C=O) groups excluding carboxylic acids is 8. The Kier molecular flexibility index (Phi) is 37.8. The highest BCUT2D eigenvalue weighted by atomic mass is 16.5. The number of hydrogen-bond donors (Lipinski definition) is 0. The standard InChI is InChI=1S/C34H39N3O3.C31H33N3O3.C30H31N3O2.C29H29N3O2/c1-7-8-16-37(5)33(39)29-15-14-24(21-35-29)25-18-27-26(17-23-12-10-9-11-13-23)28(31(38)20-34(2,3)4)22-36-30(27)19-32(25)40-6;1-5-7-15-34(3)31(36)27-14-13-22(19-32-27)23-17-25-24(16-21-11-9-8-10-12-21)26(29(35)6-2)20-33-28(25)18-30(23)37-4;1-4-6-16-33(3)30(35)28-15-13-23(19-31-28)22-12-14-27-25(18-22)24(17-21-10-8-7-9-11-21)26(20-32-27)29(34)5-2;1-4-5-15-32(3)29(34)28-14-12-23(18-30-28)22-11-13-27-25(17-22)24(26(19-31-27)20(2)33)16-21-9-7-6-8-10-21/h9-15,18-19,21-22H,7-8,16-17,20H2,1-6H3;8-14,17-20H,5-7,15-16H2,1-4H3;7-15,18-20H,4-6,16-17H2,1-3H3;6-14,17-19H,4-5,15-16H2,1-3H3. The maximum Gasteiger partial charge on any atom is 0.272 e. The molecule has 0 saturated carbocycles. The lowest BCUT2D eigenvalue weighted by Gasteiger charge is -2.20. The van der Waals surface area contributed by atoms with Crippen LogP contribution >= 0.6 is 0 Å². The Morgan fingerprint density at radius 2 is 0.555 bits per heavy atom. The number of ether oxygens (including phenoxy) is 2. The van der Waals surface area contributed by atoms with Crippen LogP contribution < -0.4 is 9.47 Å². The first-order valence-electron chi connectivity index (χ1n) is 50.5. The van der Waals surface area contributed by atoms with E-state index in [9.17, 15) is 38.4 Å². The molecule has 0 radical (unpaired) electrons. The summed E-state index contributed by atoms with van der Waals surface area (Å²) in [6.45, 7) is 22.8. The summed E-state index contributed by atoms with van der Waals surface area (Å²) in [4.78, 5) is 145. The van der Waals surface area contributed by atoms with Gasteiger partial charge in [0.2, 0.25) is 0 Å². The molecule has 0 atom stereocenters. The van der Waals surface area contributed by atoms with Gasteiger partial charge in [0.25, 0.3) is 23.6 Å². The van der Waals surface area contributed by atoms with Gasteiger partial charge in [0, 0.05) is 213 Å². The summed E-state index contributed by atoms with van der Waals surface area (Å²) >= 11 is 0. The summed E-state index contributed by atoms with van der Waals surface area (Å²) in [5.74, 6) is 1.22. The Balaban J connectivity index is 0.000000163. The molecule has 4 amide bonds. The lowest BCUT2D eigenvalue weighted by Crippen LogP contribution is -2.28. The van der Waals surface area contributed by atoms with E-state index in [1.165, 1.54) is 0 Å². The number of unbranched alkanes of at least 4 members (excludes halogenated alkanes) is 4. The summed E-state index contributed by atoms with van der Waals surface area (Å²) in [7, 11) is 10.5. The van der Waals surface area contributed by atoms with Crippen LogP contribution in [0, 0.1) is 5.41 Å².